The number of hydrogen-bond acceptors (Lipinski definition) is 7. The zero-order chi connectivity index (χ0) is 19.8. The van der Waals surface area contributed by atoms with Crippen LogP contribution in [-0.4, -0.2) is 65.1 Å². The van der Waals surface area contributed by atoms with Gasteiger partial charge in [0.15, 0.2) is 0 Å². The standard InChI is InChI=1S/C22H27N7/c1-27(2)22-19-11-18(5-6-20(19)25-15-26-22)29-9-7-28(8-10-29)14-16-12-23-21(24-13-16)17-3-4-17/h5-6,11-13,15,17H,3-4,7-10,14H2,1-2H3. The first-order chi connectivity index (χ1) is 14.2. The molecule has 1 aliphatic carbocycles. The van der Waals surface area contributed by atoms with Crippen molar-refractivity contribution in [3.8, 4) is 0 Å². The van der Waals surface area contributed by atoms with Gasteiger partial charge in [-0.25, -0.2) is 19.9 Å². The largest absolute Gasteiger partial charge is 0.369 e. The first kappa shape index (κ1) is 18.2. The summed E-state index contributed by atoms with van der Waals surface area (Å²) in [5.74, 6) is 2.61. The van der Waals surface area contributed by atoms with Gasteiger partial charge in [-0.05, 0) is 31.0 Å². The summed E-state index contributed by atoms with van der Waals surface area (Å²) in [6.45, 7) is 5.02. The lowest BCUT2D eigenvalue weighted by molar-refractivity contribution is 0.249. The molecule has 1 saturated carbocycles. The van der Waals surface area contributed by atoms with Crippen LogP contribution in [0.15, 0.2) is 36.9 Å². The van der Waals surface area contributed by atoms with Crippen LogP contribution in [0.5, 0.6) is 0 Å². The first-order valence-corrected chi connectivity index (χ1v) is 10.4. The van der Waals surface area contributed by atoms with E-state index in [0.717, 1.165) is 55.3 Å². The third-order valence-electron chi connectivity index (χ3n) is 5.83. The van der Waals surface area contributed by atoms with Crippen LogP contribution in [0.4, 0.5) is 11.5 Å². The van der Waals surface area contributed by atoms with E-state index >= 15 is 0 Å². The molecule has 5 rings (SSSR count). The van der Waals surface area contributed by atoms with Crippen LogP contribution >= 0.6 is 0 Å². The Kier molecular flexibility index (Phi) is 4.75. The van der Waals surface area contributed by atoms with Crippen LogP contribution in [-0.2, 0) is 6.54 Å². The van der Waals surface area contributed by atoms with Crippen molar-refractivity contribution in [2.75, 3.05) is 50.1 Å². The molecule has 7 heteroatoms. The molecule has 0 atom stereocenters. The maximum absolute atomic E-state index is 4.56. The number of fused-ring (bicyclic) bond motifs is 1. The van der Waals surface area contributed by atoms with Gasteiger partial charge >= 0.3 is 0 Å². The number of anilines is 2. The van der Waals surface area contributed by atoms with Gasteiger partial charge in [-0.3, -0.25) is 4.90 Å². The van der Waals surface area contributed by atoms with Crippen LogP contribution in [0, 0.1) is 0 Å². The number of hydrogen-bond donors (Lipinski definition) is 0. The van der Waals surface area contributed by atoms with E-state index < -0.39 is 0 Å². The van der Waals surface area contributed by atoms with Crippen molar-refractivity contribution in [3.05, 3.63) is 48.3 Å². The Balaban J connectivity index is 1.24. The summed E-state index contributed by atoms with van der Waals surface area (Å²) in [4.78, 5) is 25.0. The Bertz CT molecular complexity index is 990. The Morgan fingerprint density at radius 3 is 2.41 bits per heavy atom. The van der Waals surface area contributed by atoms with E-state index in [1.807, 2.05) is 31.4 Å². The predicted octanol–water partition coefficient (Wildman–Crippen LogP) is 2.69. The lowest BCUT2D eigenvalue weighted by Gasteiger charge is -2.36. The van der Waals surface area contributed by atoms with Gasteiger partial charge in [0.05, 0.1) is 5.52 Å². The number of rotatable bonds is 5. The molecule has 0 N–H and O–H groups in total. The molecule has 0 unspecified atom stereocenters. The highest BCUT2D eigenvalue weighted by Gasteiger charge is 2.26. The molecule has 0 spiro atoms. The topological polar surface area (TPSA) is 61.3 Å². The van der Waals surface area contributed by atoms with Gasteiger partial charge in [0.25, 0.3) is 0 Å². The maximum Gasteiger partial charge on any atom is 0.139 e. The van der Waals surface area contributed by atoms with E-state index in [9.17, 15) is 0 Å². The second-order valence-electron chi connectivity index (χ2n) is 8.28. The summed E-state index contributed by atoms with van der Waals surface area (Å²) >= 11 is 0. The molecule has 3 heterocycles. The molecular formula is C22H27N7. The highest BCUT2D eigenvalue weighted by atomic mass is 15.3. The third-order valence-corrected chi connectivity index (χ3v) is 5.83. The molecule has 1 saturated heterocycles. The van der Waals surface area contributed by atoms with E-state index in [4.69, 9.17) is 0 Å². The van der Waals surface area contributed by atoms with Crippen molar-refractivity contribution in [1.82, 2.24) is 24.8 Å². The van der Waals surface area contributed by atoms with Gasteiger partial charge in [-0.15, -0.1) is 0 Å². The maximum atomic E-state index is 4.56. The summed E-state index contributed by atoms with van der Waals surface area (Å²) in [7, 11) is 4.04. The van der Waals surface area contributed by atoms with E-state index in [2.05, 4.69) is 47.9 Å². The van der Waals surface area contributed by atoms with Gasteiger partial charge < -0.3 is 9.80 Å². The number of benzene rings is 1. The molecule has 0 bridgehead atoms. The first-order valence-electron chi connectivity index (χ1n) is 10.4. The van der Waals surface area contributed by atoms with Gasteiger partial charge in [0.2, 0.25) is 0 Å². The van der Waals surface area contributed by atoms with E-state index in [0.29, 0.717) is 5.92 Å². The monoisotopic (exact) mass is 389 g/mol. The fourth-order valence-corrected chi connectivity index (χ4v) is 4.01. The van der Waals surface area contributed by atoms with Crippen molar-refractivity contribution in [1.29, 1.82) is 0 Å². The second kappa shape index (κ2) is 7.55. The summed E-state index contributed by atoms with van der Waals surface area (Å²) in [5, 5.41) is 1.10. The summed E-state index contributed by atoms with van der Waals surface area (Å²) in [5.41, 5.74) is 3.44. The van der Waals surface area contributed by atoms with Crippen LogP contribution in [0.3, 0.4) is 0 Å². The van der Waals surface area contributed by atoms with E-state index in [1.54, 1.807) is 6.33 Å². The average Bonchev–Trinajstić information content (AvgIpc) is 3.59. The second-order valence-corrected chi connectivity index (χ2v) is 8.28. The van der Waals surface area contributed by atoms with Crippen molar-refractivity contribution < 1.29 is 0 Å². The average molecular weight is 390 g/mol. The Morgan fingerprint density at radius 2 is 1.72 bits per heavy atom. The lowest BCUT2D eigenvalue weighted by Crippen LogP contribution is -2.46. The quantitative estimate of drug-likeness (QED) is 0.665. The zero-order valence-corrected chi connectivity index (χ0v) is 17.1. The molecule has 2 aliphatic rings. The SMILES string of the molecule is CN(C)c1ncnc2ccc(N3CCN(Cc4cnc(C5CC5)nc4)CC3)cc12. The molecule has 2 fully saturated rings. The van der Waals surface area contributed by atoms with Crippen LogP contribution < -0.4 is 9.80 Å². The minimum absolute atomic E-state index is 0.618. The normalized spacial score (nSPS) is 17.7. The minimum atomic E-state index is 0.618. The van der Waals surface area contributed by atoms with Crippen LogP contribution in [0.25, 0.3) is 10.9 Å². The number of piperazine rings is 1. The lowest BCUT2D eigenvalue weighted by atomic mass is 10.1. The molecule has 150 valence electrons. The highest BCUT2D eigenvalue weighted by molar-refractivity contribution is 5.91. The fraction of sp³-hybridized carbons (Fsp3) is 0.455. The fourth-order valence-electron chi connectivity index (χ4n) is 4.01. The van der Waals surface area contributed by atoms with Crippen molar-refractivity contribution in [3.63, 3.8) is 0 Å². The molecular weight excluding hydrogens is 362 g/mol. The molecule has 2 aromatic heterocycles. The Labute approximate surface area is 171 Å². The Morgan fingerprint density at radius 1 is 0.966 bits per heavy atom. The summed E-state index contributed by atoms with van der Waals surface area (Å²) < 4.78 is 0. The van der Waals surface area contributed by atoms with Gasteiger partial charge in [0.1, 0.15) is 18.0 Å². The highest BCUT2D eigenvalue weighted by Crippen LogP contribution is 2.37. The molecule has 7 nitrogen and oxygen atoms in total. The van der Waals surface area contributed by atoms with E-state index in [1.165, 1.54) is 24.1 Å². The smallest absolute Gasteiger partial charge is 0.139 e. The predicted molar refractivity (Wildman–Crippen MR) is 115 cm³/mol. The van der Waals surface area contributed by atoms with Crippen molar-refractivity contribution >= 4 is 22.4 Å². The number of nitrogens with zero attached hydrogens (tertiary/aromatic N) is 7. The molecule has 1 aromatic carbocycles. The van der Waals surface area contributed by atoms with Gasteiger partial charge in [-0.2, -0.15) is 0 Å². The van der Waals surface area contributed by atoms with Gasteiger partial charge in [0, 0.05) is 81.8 Å². The number of aromatic nitrogens is 4. The van der Waals surface area contributed by atoms with Crippen molar-refractivity contribution in [2.45, 2.75) is 25.3 Å². The minimum Gasteiger partial charge on any atom is -0.369 e. The molecule has 1 aliphatic heterocycles. The van der Waals surface area contributed by atoms with Gasteiger partial charge in [-0.1, -0.05) is 0 Å². The molecule has 0 amide bonds. The molecule has 29 heavy (non-hydrogen) atoms. The Hall–Kier alpha value is -2.80. The zero-order valence-electron chi connectivity index (χ0n) is 17.1. The van der Waals surface area contributed by atoms with Crippen LogP contribution in [0.2, 0.25) is 0 Å². The third kappa shape index (κ3) is 3.87. The molecule has 3 aromatic rings. The molecule has 0 radical (unpaired) electrons. The van der Waals surface area contributed by atoms with Crippen LogP contribution in [0.1, 0.15) is 30.1 Å². The van der Waals surface area contributed by atoms with Crippen molar-refractivity contribution in [2.24, 2.45) is 0 Å². The summed E-state index contributed by atoms with van der Waals surface area (Å²) in [6.07, 6.45) is 8.16. The van der Waals surface area contributed by atoms with E-state index in [-0.39, 0.29) is 0 Å². The summed E-state index contributed by atoms with van der Waals surface area (Å²) in [6, 6.07) is 6.50.